The summed E-state index contributed by atoms with van der Waals surface area (Å²) in [5, 5.41) is 12.3. The van der Waals surface area contributed by atoms with Crippen molar-refractivity contribution in [1.82, 2.24) is 5.32 Å². The summed E-state index contributed by atoms with van der Waals surface area (Å²) in [6, 6.07) is 0. The Kier molecular flexibility index (Phi) is 4.82. The van der Waals surface area contributed by atoms with Crippen LogP contribution in [0.1, 0.15) is 32.6 Å². The number of aliphatic carboxylic acids is 1. The second-order valence-electron chi connectivity index (χ2n) is 4.55. The van der Waals surface area contributed by atoms with Gasteiger partial charge in [-0.05, 0) is 45.2 Å². The van der Waals surface area contributed by atoms with E-state index < -0.39 is 5.97 Å². The molecule has 0 radical (unpaired) electrons. The van der Waals surface area contributed by atoms with E-state index in [1.807, 2.05) is 6.92 Å². The minimum atomic E-state index is -0.626. The molecule has 0 spiro atoms. The average Bonchev–Trinajstić information content (AvgIpc) is 2.60. The van der Waals surface area contributed by atoms with E-state index in [9.17, 15) is 4.79 Å². The van der Waals surface area contributed by atoms with Crippen LogP contribution >= 0.6 is 0 Å². The predicted octanol–water partition coefficient (Wildman–Crippen LogP) is 2.04. The molecule has 0 saturated heterocycles. The summed E-state index contributed by atoms with van der Waals surface area (Å²) >= 11 is 0. The molecular weight excluding hydrogens is 190 g/mol. The first-order valence-electron chi connectivity index (χ1n) is 5.69. The Morgan fingerprint density at radius 3 is 2.87 bits per heavy atom. The van der Waals surface area contributed by atoms with Crippen LogP contribution in [0.4, 0.5) is 0 Å². The SMILES string of the molecule is C=C(C)CCNCC1CCCC1C(=O)O. The summed E-state index contributed by atoms with van der Waals surface area (Å²) in [5.41, 5.74) is 1.17. The van der Waals surface area contributed by atoms with E-state index in [0.717, 1.165) is 38.8 Å². The minimum Gasteiger partial charge on any atom is -0.481 e. The first-order valence-corrected chi connectivity index (χ1v) is 5.69. The molecule has 1 aliphatic carbocycles. The van der Waals surface area contributed by atoms with Gasteiger partial charge in [-0.15, -0.1) is 6.58 Å². The topological polar surface area (TPSA) is 49.3 Å². The largest absolute Gasteiger partial charge is 0.481 e. The lowest BCUT2D eigenvalue weighted by molar-refractivity contribution is -0.142. The van der Waals surface area contributed by atoms with Crippen molar-refractivity contribution in [2.45, 2.75) is 32.6 Å². The van der Waals surface area contributed by atoms with Crippen molar-refractivity contribution >= 4 is 5.97 Å². The van der Waals surface area contributed by atoms with Crippen molar-refractivity contribution in [3.63, 3.8) is 0 Å². The number of carbonyl (C=O) groups is 1. The zero-order valence-electron chi connectivity index (χ0n) is 9.46. The highest BCUT2D eigenvalue weighted by molar-refractivity contribution is 5.70. The van der Waals surface area contributed by atoms with Crippen LogP contribution in [0.25, 0.3) is 0 Å². The molecule has 0 aromatic heterocycles. The van der Waals surface area contributed by atoms with Crippen LogP contribution in [0.3, 0.4) is 0 Å². The van der Waals surface area contributed by atoms with E-state index in [2.05, 4.69) is 11.9 Å². The number of hydrogen-bond acceptors (Lipinski definition) is 2. The second-order valence-corrected chi connectivity index (χ2v) is 4.55. The Bertz CT molecular complexity index is 238. The number of carboxylic acids is 1. The van der Waals surface area contributed by atoms with Gasteiger partial charge in [-0.1, -0.05) is 12.0 Å². The molecule has 0 bridgehead atoms. The Hall–Kier alpha value is -0.830. The van der Waals surface area contributed by atoms with Gasteiger partial charge in [-0.2, -0.15) is 0 Å². The highest BCUT2D eigenvalue weighted by atomic mass is 16.4. The van der Waals surface area contributed by atoms with Gasteiger partial charge < -0.3 is 10.4 Å². The number of carboxylic acid groups (broad SMARTS) is 1. The Morgan fingerprint density at radius 1 is 1.53 bits per heavy atom. The van der Waals surface area contributed by atoms with Gasteiger partial charge in [0.2, 0.25) is 0 Å². The number of nitrogens with one attached hydrogen (secondary N) is 1. The number of rotatable bonds is 6. The lowest BCUT2D eigenvalue weighted by atomic mass is 9.96. The van der Waals surface area contributed by atoms with Crippen molar-refractivity contribution in [1.29, 1.82) is 0 Å². The monoisotopic (exact) mass is 211 g/mol. The van der Waals surface area contributed by atoms with Gasteiger partial charge in [0, 0.05) is 0 Å². The zero-order chi connectivity index (χ0) is 11.3. The van der Waals surface area contributed by atoms with E-state index >= 15 is 0 Å². The van der Waals surface area contributed by atoms with Crippen LogP contribution in [0.15, 0.2) is 12.2 Å². The van der Waals surface area contributed by atoms with Crippen molar-refractivity contribution in [3.8, 4) is 0 Å². The molecule has 15 heavy (non-hydrogen) atoms. The molecule has 2 N–H and O–H groups in total. The van der Waals surface area contributed by atoms with Crippen molar-refractivity contribution < 1.29 is 9.90 Å². The molecule has 1 fully saturated rings. The van der Waals surface area contributed by atoms with Crippen LogP contribution in [-0.2, 0) is 4.79 Å². The van der Waals surface area contributed by atoms with Crippen LogP contribution in [0.2, 0.25) is 0 Å². The van der Waals surface area contributed by atoms with Crippen LogP contribution in [0, 0.1) is 11.8 Å². The average molecular weight is 211 g/mol. The predicted molar refractivity (Wildman–Crippen MR) is 60.8 cm³/mol. The van der Waals surface area contributed by atoms with Crippen molar-refractivity contribution in [3.05, 3.63) is 12.2 Å². The molecular formula is C12H21NO2. The lowest BCUT2D eigenvalue weighted by Crippen LogP contribution is -2.29. The Morgan fingerprint density at radius 2 is 2.27 bits per heavy atom. The van der Waals surface area contributed by atoms with E-state index in [4.69, 9.17) is 5.11 Å². The maximum Gasteiger partial charge on any atom is 0.306 e. The zero-order valence-corrected chi connectivity index (χ0v) is 9.46. The van der Waals surface area contributed by atoms with Crippen LogP contribution in [-0.4, -0.2) is 24.2 Å². The highest BCUT2D eigenvalue weighted by Crippen LogP contribution is 2.31. The maximum atomic E-state index is 10.9. The molecule has 0 amide bonds. The van der Waals surface area contributed by atoms with E-state index in [1.165, 1.54) is 5.57 Å². The molecule has 0 aromatic carbocycles. The summed E-state index contributed by atoms with van der Waals surface area (Å²) in [4.78, 5) is 10.9. The molecule has 86 valence electrons. The summed E-state index contributed by atoms with van der Waals surface area (Å²) in [6.07, 6.45) is 3.94. The number of hydrogen-bond donors (Lipinski definition) is 2. The summed E-state index contributed by atoms with van der Waals surface area (Å²) in [6.45, 7) is 7.60. The van der Waals surface area contributed by atoms with Gasteiger partial charge in [0.25, 0.3) is 0 Å². The third-order valence-corrected chi connectivity index (χ3v) is 3.11. The fraction of sp³-hybridized carbons (Fsp3) is 0.750. The fourth-order valence-corrected chi connectivity index (χ4v) is 2.20. The molecule has 1 aliphatic rings. The summed E-state index contributed by atoms with van der Waals surface area (Å²) < 4.78 is 0. The molecule has 2 unspecified atom stereocenters. The molecule has 0 aromatic rings. The highest BCUT2D eigenvalue weighted by Gasteiger charge is 2.32. The normalized spacial score (nSPS) is 25.4. The first-order chi connectivity index (χ1) is 7.11. The van der Waals surface area contributed by atoms with Crippen molar-refractivity contribution in [2.75, 3.05) is 13.1 Å². The van der Waals surface area contributed by atoms with Gasteiger partial charge in [-0.25, -0.2) is 0 Å². The molecule has 0 heterocycles. The van der Waals surface area contributed by atoms with Gasteiger partial charge in [0.15, 0.2) is 0 Å². The van der Waals surface area contributed by atoms with Crippen LogP contribution < -0.4 is 5.32 Å². The quantitative estimate of drug-likeness (QED) is 0.522. The van der Waals surface area contributed by atoms with E-state index in [-0.39, 0.29) is 5.92 Å². The Balaban J connectivity index is 2.20. The molecule has 3 nitrogen and oxygen atoms in total. The van der Waals surface area contributed by atoms with Gasteiger partial charge in [0.05, 0.1) is 5.92 Å². The lowest BCUT2D eigenvalue weighted by Gasteiger charge is -2.16. The third-order valence-electron chi connectivity index (χ3n) is 3.11. The molecule has 1 saturated carbocycles. The molecule has 0 aliphatic heterocycles. The summed E-state index contributed by atoms with van der Waals surface area (Å²) in [5.74, 6) is -0.422. The smallest absolute Gasteiger partial charge is 0.306 e. The minimum absolute atomic E-state index is 0.123. The standard InChI is InChI=1S/C12H21NO2/c1-9(2)6-7-13-8-10-4-3-5-11(10)12(14)15/h10-11,13H,1,3-8H2,2H3,(H,14,15). The molecule has 1 rings (SSSR count). The van der Waals surface area contributed by atoms with Gasteiger partial charge in [-0.3, -0.25) is 4.79 Å². The van der Waals surface area contributed by atoms with Gasteiger partial charge in [0.1, 0.15) is 0 Å². The van der Waals surface area contributed by atoms with Gasteiger partial charge >= 0.3 is 5.97 Å². The van der Waals surface area contributed by atoms with E-state index in [0.29, 0.717) is 5.92 Å². The Labute approximate surface area is 91.6 Å². The fourth-order valence-electron chi connectivity index (χ4n) is 2.20. The second kappa shape index (κ2) is 5.91. The van der Waals surface area contributed by atoms with Crippen molar-refractivity contribution in [2.24, 2.45) is 11.8 Å². The summed E-state index contributed by atoms with van der Waals surface area (Å²) in [7, 11) is 0. The molecule has 2 atom stereocenters. The third kappa shape index (κ3) is 4.04. The van der Waals surface area contributed by atoms with E-state index in [1.54, 1.807) is 0 Å². The molecule has 3 heteroatoms. The van der Waals surface area contributed by atoms with Crippen LogP contribution in [0.5, 0.6) is 0 Å². The first kappa shape index (κ1) is 12.2. The maximum absolute atomic E-state index is 10.9.